The molecule has 0 bridgehead atoms. The molecule has 0 atom stereocenters. The van der Waals surface area contributed by atoms with E-state index >= 15 is 0 Å². The van der Waals surface area contributed by atoms with E-state index in [-0.39, 0.29) is 28.3 Å². The summed E-state index contributed by atoms with van der Waals surface area (Å²) < 4.78 is 32.1. The van der Waals surface area contributed by atoms with Gasteiger partial charge in [-0.3, -0.25) is 10.1 Å². The Labute approximate surface area is 134 Å². The number of nitrogens with zero attached hydrogens (tertiary/aromatic N) is 2. The van der Waals surface area contributed by atoms with Crippen molar-refractivity contribution in [1.29, 1.82) is 0 Å². The van der Waals surface area contributed by atoms with Gasteiger partial charge < -0.3 is 9.63 Å². The average Bonchev–Trinajstić information content (AvgIpc) is 2.98. The predicted molar refractivity (Wildman–Crippen MR) is 79.9 cm³/mol. The summed E-state index contributed by atoms with van der Waals surface area (Å²) in [4.78, 5) is 10.3. The third-order valence-electron chi connectivity index (χ3n) is 3.45. The highest BCUT2D eigenvalue weighted by Gasteiger charge is 2.22. The molecule has 0 saturated carbocycles. The average molecular weight is 332 g/mol. The number of hydrogen-bond donors (Lipinski definition) is 1. The van der Waals surface area contributed by atoms with Crippen LogP contribution in [0.15, 0.2) is 47.0 Å². The van der Waals surface area contributed by atoms with Gasteiger partial charge in [-0.2, -0.15) is 0 Å². The Kier molecular flexibility index (Phi) is 4.05. The smallest absolute Gasteiger partial charge is 0.270 e. The van der Waals surface area contributed by atoms with Gasteiger partial charge in [-0.15, -0.1) is 0 Å². The number of nitro benzene ring substituents is 1. The molecule has 3 rings (SSSR count). The van der Waals surface area contributed by atoms with E-state index < -0.39 is 23.2 Å². The lowest BCUT2D eigenvalue weighted by Gasteiger charge is -2.03. The van der Waals surface area contributed by atoms with Gasteiger partial charge >= 0.3 is 0 Å². The van der Waals surface area contributed by atoms with Crippen LogP contribution in [0.4, 0.5) is 14.5 Å². The first kappa shape index (κ1) is 15.8. The molecule has 0 saturated heterocycles. The predicted octanol–water partition coefficient (Wildman–Crippen LogP) is 3.69. The molecule has 2 aromatic carbocycles. The summed E-state index contributed by atoms with van der Waals surface area (Å²) in [6.07, 6.45) is 0. The molecular weight excluding hydrogens is 322 g/mol. The molecule has 0 amide bonds. The van der Waals surface area contributed by atoms with Crippen molar-refractivity contribution < 1.29 is 23.3 Å². The van der Waals surface area contributed by atoms with Crippen molar-refractivity contribution in [2.75, 3.05) is 0 Å². The molecule has 122 valence electrons. The van der Waals surface area contributed by atoms with Crippen LogP contribution in [0.2, 0.25) is 0 Å². The topological polar surface area (TPSA) is 89.4 Å². The molecular formula is C16H10F2N2O4. The first-order valence-electron chi connectivity index (χ1n) is 6.81. The van der Waals surface area contributed by atoms with Gasteiger partial charge in [-0.05, 0) is 12.1 Å². The quantitative estimate of drug-likeness (QED) is 0.581. The fourth-order valence-corrected chi connectivity index (χ4v) is 2.34. The highest BCUT2D eigenvalue weighted by atomic mass is 19.1. The van der Waals surface area contributed by atoms with Crippen molar-refractivity contribution in [2.24, 2.45) is 0 Å². The summed E-state index contributed by atoms with van der Waals surface area (Å²) in [5, 5.41) is 24.2. The van der Waals surface area contributed by atoms with E-state index in [0.717, 1.165) is 6.07 Å². The fraction of sp³-hybridized carbons (Fsp3) is 0.0625. The van der Waals surface area contributed by atoms with E-state index in [0.29, 0.717) is 11.6 Å². The van der Waals surface area contributed by atoms with E-state index in [1.807, 2.05) is 0 Å². The standard InChI is InChI=1S/C16H10F2N2O4/c17-10-4-5-12(14(18)7-10)15-13(8-21)16(24-19-15)9-2-1-3-11(6-9)20(22)23/h1-7,21H,8H2. The number of aliphatic hydroxyl groups excluding tert-OH is 1. The van der Waals surface area contributed by atoms with Gasteiger partial charge in [0.2, 0.25) is 0 Å². The van der Waals surface area contributed by atoms with Crippen LogP contribution in [0, 0.1) is 21.7 Å². The molecule has 0 spiro atoms. The largest absolute Gasteiger partial charge is 0.391 e. The molecule has 6 nitrogen and oxygen atoms in total. The minimum Gasteiger partial charge on any atom is -0.391 e. The van der Waals surface area contributed by atoms with Crippen molar-refractivity contribution in [3.8, 4) is 22.6 Å². The number of benzene rings is 2. The lowest BCUT2D eigenvalue weighted by molar-refractivity contribution is -0.384. The Balaban J connectivity index is 2.14. The molecule has 24 heavy (non-hydrogen) atoms. The number of hydrogen-bond acceptors (Lipinski definition) is 5. The van der Waals surface area contributed by atoms with Crippen molar-refractivity contribution in [2.45, 2.75) is 6.61 Å². The Bertz CT molecular complexity index is 924. The van der Waals surface area contributed by atoms with E-state index in [4.69, 9.17) is 4.52 Å². The van der Waals surface area contributed by atoms with E-state index in [1.165, 1.54) is 30.3 Å². The number of nitro groups is 1. The minimum absolute atomic E-state index is 0.0107. The van der Waals surface area contributed by atoms with Gasteiger partial charge in [0.25, 0.3) is 5.69 Å². The van der Waals surface area contributed by atoms with Crippen molar-refractivity contribution in [3.63, 3.8) is 0 Å². The second kappa shape index (κ2) is 6.17. The van der Waals surface area contributed by atoms with Gasteiger partial charge in [0.15, 0.2) is 5.76 Å². The van der Waals surface area contributed by atoms with Crippen LogP contribution in [-0.2, 0) is 6.61 Å². The van der Waals surface area contributed by atoms with E-state index in [9.17, 15) is 24.0 Å². The number of aromatic nitrogens is 1. The third kappa shape index (κ3) is 2.74. The van der Waals surface area contributed by atoms with Gasteiger partial charge in [0.05, 0.1) is 17.1 Å². The molecule has 3 aromatic rings. The molecule has 0 radical (unpaired) electrons. The number of non-ortho nitro benzene ring substituents is 1. The van der Waals surface area contributed by atoms with Gasteiger partial charge in [0, 0.05) is 29.3 Å². The minimum atomic E-state index is -0.858. The molecule has 1 aromatic heterocycles. The fourth-order valence-electron chi connectivity index (χ4n) is 2.34. The van der Waals surface area contributed by atoms with E-state index in [1.54, 1.807) is 0 Å². The maximum atomic E-state index is 13.9. The lowest BCUT2D eigenvalue weighted by Crippen LogP contribution is -1.93. The molecule has 8 heteroatoms. The van der Waals surface area contributed by atoms with Crippen molar-refractivity contribution >= 4 is 5.69 Å². The van der Waals surface area contributed by atoms with Crippen LogP contribution in [-0.4, -0.2) is 15.2 Å². The Morgan fingerprint density at radius 1 is 1.21 bits per heavy atom. The van der Waals surface area contributed by atoms with Crippen LogP contribution in [0.5, 0.6) is 0 Å². The zero-order valence-corrected chi connectivity index (χ0v) is 12.1. The summed E-state index contributed by atoms with van der Waals surface area (Å²) in [6.45, 7) is -0.534. The van der Waals surface area contributed by atoms with E-state index in [2.05, 4.69) is 5.16 Å². The highest BCUT2D eigenvalue weighted by molar-refractivity contribution is 5.73. The van der Waals surface area contributed by atoms with Crippen LogP contribution in [0.25, 0.3) is 22.6 Å². The molecule has 0 aliphatic carbocycles. The Morgan fingerprint density at radius 2 is 2.00 bits per heavy atom. The van der Waals surface area contributed by atoms with Crippen LogP contribution >= 0.6 is 0 Å². The maximum Gasteiger partial charge on any atom is 0.270 e. The number of rotatable bonds is 4. The molecule has 0 aliphatic rings. The number of aliphatic hydroxyl groups is 1. The van der Waals surface area contributed by atoms with Crippen LogP contribution < -0.4 is 0 Å². The molecule has 1 N–H and O–H groups in total. The summed E-state index contributed by atoms with van der Waals surface area (Å²) >= 11 is 0. The highest BCUT2D eigenvalue weighted by Crippen LogP contribution is 2.34. The summed E-state index contributed by atoms with van der Waals surface area (Å²) in [5.41, 5.74) is 0.273. The number of halogens is 2. The Morgan fingerprint density at radius 3 is 2.67 bits per heavy atom. The Hall–Kier alpha value is -3.13. The molecule has 0 fully saturated rings. The summed E-state index contributed by atoms with van der Waals surface area (Å²) in [7, 11) is 0. The van der Waals surface area contributed by atoms with Crippen LogP contribution in [0.3, 0.4) is 0 Å². The zero-order chi connectivity index (χ0) is 17.3. The van der Waals surface area contributed by atoms with Gasteiger partial charge in [0.1, 0.15) is 17.3 Å². The van der Waals surface area contributed by atoms with Crippen LogP contribution in [0.1, 0.15) is 5.56 Å². The first-order chi connectivity index (χ1) is 11.5. The van der Waals surface area contributed by atoms with Crippen molar-refractivity contribution in [1.82, 2.24) is 5.16 Å². The summed E-state index contributed by atoms with van der Waals surface area (Å²) in [6, 6.07) is 8.48. The second-order valence-electron chi connectivity index (χ2n) is 4.93. The molecule has 1 heterocycles. The molecule has 0 aliphatic heterocycles. The summed E-state index contributed by atoms with van der Waals surface area (Å²) in [5.74, 6) is -1.52. The molecule has 0 unspecified atom stereocenters. The first-order valence-corrected chi connectivity index (χ1v) is 6.81. The monoisotopic (exact) mass is 332 g/mol. The normalized spacial score (nSPS) is 10.8. The second-order valence-corrected chi connectivity index (χ2v) is 4.93. The van der Waals surface area contributed by atoms with Crippen molar-refractivity contribution in [3.05, 3.63) is 69.8 Å². The SMILES string of the molecule is O=[N+]([O-])c1cccc(-c2onc(-c3ccc(F)cc3F)c2CO)c1. The van der Waals surface area contributed by atoms with Gasteiger partial charge in [-0.25, -0.2) is 8.78 Å². The third-order valence-corrected chi connectivity index (χ3v) is 3.45. The lowest BCUT2D eigenvalue weighted by atomic mass is 10.0. The maximum absolute atomic E-state index is 13.9. The zero-order valence-electron chi connectivity index (χ0n) is 12.1. The van der Waals surface area contributed by atoms with Gasteiger partial charge in [-0.1, -0.05) is 17.3 Å².